The molecule has 1 aliphatic rings. The van der Waals surface area contributed by atoms with Crippen molar-refractivity contribution in [1.82, 2.24) is 4.90 Å². The van der Waals surface area contributed by atoms with E-state index >= 15 is 0 Å². The van der Waals surface area contributed by atoms with Crippen molar-refractivity contribution in [3.8, 4) is 17.2 Å². The third-order valence-electron chi connectivity index (χ3n) is 4.06. The molecule has 7 heteroatoms. The average molecular weight is 399 g/mol. The zero-order valence-corrected chi connectivity index (χ0v) is 16.5. The summed E-state index contributed by atoms with van der Waals surface area (Å²) in [5.41, 5.74) is 1.80. The first kappa shape index (κ1) is 19.8. The molecule has 1 fully saturated rings. The maximum atomic E-state index is 12.6. The van der Waals surface area contributed by atoms with Gasteiger partial charge in [-0.3, -0.25) is 14.5 Å². The number of amides is 2. The Bertz CT molecular complexity index is 908. The van der Waals surface area contributed by atoms with Crippen molar-refractivity contribution in [2.45, 2.75) is 13.8 Å². The van der Waals surface area contributed by atoms with E-state index in [1.165, 1.54) is 11.0 Å². The smallest absolute Gasteiger partial charge is 0.293 e. The number of rotatable bonds is 7. The zero-order chi connectivity index (χ0) is 20.1. The van der Waals surface area contributed by atoms with Gasteiger partial charge < -0.3 is 14.6 Å². The summed E-state index contributed by atoms with van der Waals surface area (Å²) in [6.45, 7) is 4.62. The summed E-state index contributed by atoms with van der Waals surface area (Å²) < 4.78 is 11.0. The second-order valence-electron chi connectivity index (χ2n) is 6.16. The lowest BCUT2D eigenvalue weighted by molar-refractivity contribution is -0.123. The van der Waals surface area contributed by atoms with Crippen LogP contribution in [-0.2, 0) is 4.79 Å². The van der Waals surface area contributed by atoms with E-state index in [1.54, 1.807) is 18.2 Å². The van der Waals surface area contributed by atoms with E-state index in [4.69, 9.17) is 9.47 Å². The number of imide groups is 1. The van der Waals surface area contributed by atoms with Crippen molar-refractivity contribution in [3.63, 3.8) is 0 Å². The predicted molar refractivity (Wildman–Crippen MR) is 109 cm³/mol. The summed E-state index contributed by atoms with van der Waals surface area (Å²) in [5, 5.41) is 9.45. The zero-order valence-electron chi connectivity index (χ0n) is 15.7. The van der Waals surface area contributed by atoms with E-state index in [1.807, 2.05) is 38.1 Å². The summed E-state index contributed by atoms with van der Waals surface area (Å²) in [6.07, 6.45) is 1.62. The molecule has 146 valence electrons. The van der Waals surface area contributed by atoms with Gasteiger partial charge in [0.25, 0.3) is 11.1 Å². The predicted octanol–water partition coefficient (Wildman–Crippen LogP) is 4.21. The molecular weight excluding hydrogens is 378 g/mol. The number of nitrogens with zero attached hydrogens (tertiary/aromatic N) is 1. The van der Waals surface area contributed by atoms with Gasteiger partial charge >= 0.3 is 0 Å². The van der Waals surface area contributed by atoms with E-state index in [0.717, 1.165) is 17.3 Å². The Balaban J connectivity index is 1.65. The molecule has 0 unspecified atom stereocenters. The van der Waals surface area contributed by atoms with Crippen molar-refractivity contribution < 1.29 is 24.2 Å². The number of ether oxygens (including phenoxy) is 2. The molecular formula is C21H21NO5S. The first-order chi connectivity index (χ1) is 13.5. The molecule has 0 aromatic heterocycles. The molecule has 3 rings (SSSR count). The Hall–Kier alpha value is -2.93. The lowest BCUT2D eigenvalue weighted by Gasteiger charge is -2.13. The number of phenolic OH excluding ortho intramolecular Hbond substituents is 1. The van der Waals surface area contributed by atoms with Crippen molar-refractivity contribution >= 4 is 29.0 Å². The Kier molecular flexibility index (Phi) is 6.26. The summed E-state index contributed by atoms with van der Waals surface area (Å²) >= 11 is 0.888. The first-order valence-corrected chi connectivity index (χ1v) is 9.70. The second-order valence-corrected chi connectivity index (χ2v) is 7.15. The minimum atomic E-state index is -0.353. The molecule has 1 N–H and O–H groups in total. The van der Waals surface area contributed by atoms with Gasteiger partial charge in [-0.15, -0.1) is 0 Å². The van der Waals surface area contributed by atoms with Gasteiger partial charge in [-0.1, -0.05) is 23.8 Å². The van der Waals surface area contributed by atoms with Gasteiger partial charge in [-0.2, -0.15) is 0 Å². The third kappa shape index (κ3) is 4.67. The van der Waals surface area contributed by atoms with Crippen LogP contribution in [0.4, 0.5) is 4.79 Å². The SMILES string of the molecule is CCOc1cc(/C=C2\SC(=O)N(CCOc3ccc(C)cc3)C2=O)ccc1O. The highest BCUT2D eigenvalue weighted by atomic mass is 32.2. The average Bonchev–Trinajstić information content (AvgIpc) is 2.93. The molecule has 0 radical (unpaired) electrons. The number of aromatic hydroxyl groups is 1. The number of benzene rings is 2. The van der Waals surface area contributed by atoms with Crippen LogP contribution in [0, 0.1) is 6.92 Å². The van der Waals surface area contributed by atoms with Crippen LogP contribution >= 0.6 is 11.8 Å². The highest BCUT2D eigenvalue weighted by Crippen LogP contribution is 2.34. The van der Waals surface area contributed by atoms with Crippen LogP contribution in [0.1, 0.15) is 18.1 Å². The topological polar surface area (TPSA) is 76.1 Å². The normalized spacial score (nSPS) is 15.4. The van der Waals surface area contributed by atoms with Crippen molar-refractivity contribution in [1.29, 1.82) is 0 Å². The Morgan fingerprint density at radius 2 is 1.86 bits per heavy atom. The molecule has 2 aromatic rings. The fraction of sp³-hybridized carbons (Fsp3) is 0.238. The van der Waals surface area contributed by atoms with Crippen LogP contribution in [0.5, 0.6) is 17.2 Å². The quantitative estimate of drug-likeness (QED) is 0.703. The first-order valence-electron chi connectivity index (χ1n) is 8.88. The number of hydrogen-bond donors (Lipinski definition) is 1. The minimum Gasteiger partial charge on any atom is -0.504 e. The fourth-order valence-electron chi connectivity index (χ4n) is 2.63. The van der Waals surface area contributed by atoms with Crippen molar-refractivity contribution in [2.75, 3.05) is 19.8 Å². The summed E-state index contributed by atoms with van der Waals surface area (Å²) in [5.74, 6) is 0.705. The summed E-state index contributed by atoms with van der Waals surface area (Å²) in [7, 11) is 0. The molecule has 2 aromatic carbocycles. The van der Waals surface area contributed by atoms with Crippen LogP contribution < -0.4 is 9.47 Å². The molecule has 6 nitrogen and oxygen atoms in total. The molecule has 0 bridgehead atoms. The Labute approximate surface area is 167 Å². The molecule has 2 amide bonds. The van der Waals surface area contributed by atoms with Gasteiger partial charge in [-0.25, -0.2) is 0 Å². The Morgan fingerprint density at radius 1 is 1.11 bits per heavy atom. The van der Waals surface area contributed by atoms with Crippen LogP contribution in [-0.4, -0.2) is 40.9 Å². The molecule has 28 heavy (non-hydrogen) atoms. The highest BCUT2D eigenvalue weighted by Gasteiger charge is 2.34. The number of hydrogen-bond acceptors (Lipinski definition) is 6. The van der Waals surface area contributed by atoms with Gasteiger partial charge in [0.15, 0.2) is 11.5 Å². The molecule has 0 spiro atoms. The summed E-state index contributed by atoms with van der Waals surface area (Å²) in [4.78, 5) is 26.3. The van der Waals surface area contributed by atoms with Gasteiger partial charge in [0.1, 0.15) is 12.4 Å². The minimum absolute atomic E-state index is 0.0281. The van der Waals surface area contributed by atoms with E-state index in [2.05, 4.69) is 0 Å². The second kappa shape index (κ2) is 8.84. The largest absolute Gasteiger partial charge is 0.504 e. The van der Waals surface area contributed by atoms with Crippen LogP contribution in [0.25, 0.3) is 6.08 Å². The number of aryl methyl sites for hydroxylation is 1. The van der Waals surface area contributed by atoms with Gasteiger partial charge in [0.2, 0.25) is 0 Å². The molecule has 0 atom stereocenters. The standard InChI is InChI=1S/C21H21NO5S/c1-3-26-18-12-15(6-9-17(18)23)13-19-20(24)22(21(25)28-19)10-11-27-16-7-4-14(2)5-8-16/h4-9,12-13,23H,3,10-11H2,1-2H3/b19-13-. The lowest BCUT2D eigenvalue weighted by atomic mass is 10.2. The molecule has 1 heterocycles. The van der Waals surface area contributed by atoms with Gasteiger partial charge in [-0.05, 0) is 61.5 Å². The maximum Gasteiger partial charge on any atom is 0.293 e. The molecule has 0 saturated carbocycles. The van der Waals surface area contributed by atoms with Crippen LogP contribution in [0.15, 0.2) is 47.4 Å². The molecule has 0 aliphatic carbocycles. The van der Waals surface area contributed by atoms with Crippen molar-refractivity contribution in [2.24, 2.45) is 0 Å². The fourth-order valence-corrected chi connectivity index (χ4v) is 3.49. The highest BCUT2D eigenvalue weighted by molar-refractivity contribution is 8.18. The Morgan fingerprint density at radius 3 is 2.57 bits per heavy atom. The van der Waals surface area contributed by atoms with E-state index in [0.29, 0.717) is 28.6 Å². The van der Waals surface area contributed by atoms with E-state index < -0.39 is 0 Å². The number of phenols is 1. The van der Waals surface area contributed by atoms with Gasteiger partial charge in [0, 0.05) is 0 Å². The lowest BCUT2D eigenvalue weighted by Crippen LogP contribution is -2.32. The number of carbonyl (C=O) groups is 2. The maximum absolute atomic E-state index is 12.6. The summed E-state index contributed by atoms with van der Waals surface area (Å²) in [6, 6.07) is 12.4. The van der Waals surface area contributed by atoms with Crippen molar-refractivity contribution in [3.05, 3.63) is 58.5 Å². The van der Waals surface area contributed by atoms with E-state index in [-0.39, 0.29) is 30.0 Å². The molecule has 1 aliphatic heterocycles. The third-order valence-corrected chi connectivity index (χ3v) is 4.97. The van der Waals surface area contributed by atoms with Crippen LogP contribution in [0.2, 0.25) is 0 Å². The van der Waals surface area contributed by atoms with E-state index in [9.17, 15) is 14.7 Å². The van der Waals surface area contributed by atoms with Gasteiger partial charge in [0.05, 0.1) is 18.1 Å². The molecule has 1 saturated heterocycles. The number of carbonyl (C=O) groups excluding carboxylic acids is 2. The monoisotopic (exact) mass is 399 g/mol. The number of thioether (sulfide) groups is 1. The van der Waals surface area contributed by atoms with Crippen LogP contribution in [0.3, 0.4) is 0 Å².